The molecule has 0 spiro atoms. The fourth-order valence-corrected chi connectivity index (χ4v) is 2.98. The summed E-state index contributed by atoms with van der Waals surface area (Å²) < 4.78 is 5.12. The molecule has 0 bridgehead atoms. The largest absolute Gasteiger partial charge is 0.394 e. The van der Waals surface area contributed by atoms with Gasteiger partial charge in [-0.05, 0) is 34.4 Å². The first kappa shape index (κ1) is 26.1. The Morgan fingerprint density at radius 1 is 1.26 bits per heavy atom. The zero-order chi connectivity index (χ0) is 21.8. The third-order valence-electron chi connectivity index (χ3n) is 4.42. The van der Waals surface area contributed by atoms with Gasteiger partial charge in [-0.2, -0.15) is 0 Å². The molecule has 7 heteroatoms. The Balaban J connectivity index is 0.00000480. The van der Waals surface area contributed by atoms with E-state index < -0.39 is 6.29 Å². The van der Waals surface area contributed by atoms with Crippen LogP contribution >= 0.6 is 0 Å². The highest BCUT2D eigenvalue weighted by Crippen LogP contribution is 2.27. The van der Waals surface area contributed by atoms with Gasteiger partial charge in [0.2, 0.25) is 0 Å². The van der Waals surface area contributed by atoms with Crippen molar-refractivity contribution in [2.24, 2.45) is 10.7 Å². The number of ketones is 1. The van der Waals surface area contributed by atoms with Crippen molar-refractivity contribution < 1.29 is 24.4 Å². The first-order valence-electron chi connectivity index (χ1n) is 9.74. The molecule has 0 radical (unpaired) electrons. The van der Waals surface area contributed by atoms with Crippen LogP contribution in [0.25, 0.3) is 11.1 Å². The summed E-state index contributed by atoms with van der Waals surface area (Å²) in [4.78, 5) is 16.4. The maximum absolute atomic E-state index is 12.6. The molecule has 0 aromatic heterocycles. The van der Waals surface area contributed by atoms with E-state index in [-0.39, 0.29) is 30.1 Å². The number of benzene rings is 2. The summed E-state index contributed by atoms with van der Waals surface area (Å²) in [6, 6.07) is 13.2. The van der Waals surface area contributed by atoms with E-state index in [1.807, 2.05) is 36.4 Å². The number of Topliss-reactive ketones (excluding diaryl/α,β-unsaturated/α-hetero) is 1. The van der Waals surface area contributed by atoms with Crippen LogP contribution in [-0.2, 0) is 17.7 Å². The van der Waals surface area contributed by atoms with Gasteiger partial charge in [0.25, 0.3) is 0 Å². The van der Waals surface area contributed by atoms with E-state index in [9.17, 15) is 9.90 Å². The summed E-state index contributed by atoms with van der Waals surface area (Å²) in [6.45, 7) is 3.77. The molecule has 0 saturated heterocycles. The highest BCUT2D eigenvalue weighted by atomic mass is 19.0. The van der Waals surface area contributed by atoms with Crippen LogP contribution in [0, 0.1) is 0 Å². The Morgan fingerprint density at radius 2 is 2.06 bits per heavy atom. The lowest BCUT2D eigenvalue weighted by Gasteiger charge is -2.14. The molecule has 4 N–H and O–H groups in total. The Labute approximate surface area is 181 Å². The number of hydrogen-bond acceptors (Lipinski definition) is 6. The Bertz CT molecular complexity index is 912. The van der Waals surface area contributed by atoms with Crippen molar-refractivity contribution in [2.45, 2.75) is 25.7 Å². The number of halogens is 1. The summed E-state index contributed by atoms with van der Waals surface area (Å²) >= 11 is 0. The molecule has 0 amide bonds. The minimum atomic E-state index is -0.995. The van der Waals surface area contributed by atoms with Gasteiger partial charge in [-0.3, -0.25) is 14.5 Å². The zero-order valence-corrected chi connectivity index (χ0v) is 17.3. The number of hydrogen-bond donors (Lipinski definition) is 3. The SMILES string of the molecule is C=CN=C/C=C/CC(=O)c1ccc(CN)c(-c2cccc(CC(O)OCCO)c2)c1.F. The number of nitrogens with zero attached hydrogens (tertiary/aromatic N) is 1. The van der Waals surface area contributed by atoms with Crippen LogP contribution in [0.1, 0.15) is 27.9 Å². The van der Waals surface area contributed by atoms with Crippen LogP contribution < -0.4 is 5.73 Å². The molecule has 0 aliphatic carbocycles. The van der Waals surface area contributed by atoms with Gasteiger partial charge in [0.15, 0.2) is 12.1 Å². The minimum absolute atomic E-state index is 0. The third kappa shape index (κ3) is 8.35. The Hall–Kier alpha value is -2.97. The van der Waals surface area contributed by atoms with Gasteiger partial charge >= 0.3 is 0 Å². The standard InChI is InChI=1S/C24H28N2O4.FH/c1-2-26-11-4-3-8-23(28)20-9-10-21(17-25)22(16-20)19-7-5-6-18(14-19)15-24(29)30-13-12-27;/h2-7,9-11,14,16,24,27,29H,1,8,12-13,15,17,25H2;1H/b4-3+,26-11?;. The predicted molar refractivity (Wildman–Crippen MR) is 122 cm³/mol. The lowest BCUT2D eigenvalue weighted by molar-refractivity contribution is -0.105. The van der Waals surface area contributed by atoms with Crippen LogP contribution in [0.4, 0.5) is 4.70 Å². The van der Waals surface area contributed by atoms with E-state index >= 15 is 0 Å². The average Bonchev–Trinajstić information content (AvgIpc) is 2.77. The fourth-order valence-electron chi connectivity index (χ4n) is 2.98. The summed E-state index contributed by atoms with van der Waals surface area (Å²) in [6.07, 6.45) is 6.03. The highest BCUT2D eigenvalue weighted by molar-refractivity contribution is 5.98. The van der Waals surface area contributed by atoms with Crippen LogP contribution in [0.15, 0.2) is 72.4 Å². The molecule has 2 aromatic carbocycles. The second-order valence-electron chi connectivity index (χ2n) is 6.57. The van der Waals surface area contributed by atoms with Crippen molar-refractivity contribution in [2.75, 3.05) is 13.2 Å². The van der Waals surface area contributed by atoms with Gasteiger partial charge in [-0.25, -0.2) is 0 Å². The number of carbonyl (C=O) groups excluding carboxylic acids is 1. The second-order valence-corrected chi connectivity index (χ2v) is 6.57. The lowest BCUT2D eigenvalue weighted by atomic mass is 9.94. The molecule has 6 nitrogen and oxygen atoms in total. The van der Waals surface area contributed by atoms with Gasteiger partial charge in [0, 0.05) is 37.4 Å². The van der Waals surface area contributed by atoms with Crippen LogP contribution in [0.2, 0.25) is 0 Å². The van der Waals surface area contributed by atoms with Gasteiger partial charge in [0.1, 0.15) is 0 Å². The van der Waals surface area contributed by atoms with E-state index in [2.05, 4.69) is 11.6 Å². The van der Waals surface area contributed by atoms with Crippen molar-refractivity contribution in [1.29, 1.82) is 0 Å². The molecular weight excluding hydrogens is 399 g/mol. The Morgan fingerprint density at radius 3 is 2.77 bits per heavy atom. The number of allylic oxidation sites excluding steroid dienone is 2. The topological polar surface area (TPSA) is 105 Å². The van der Waals surface area contributed by atoms with Gasteiger partial charge < -0.3 is 20.7 Å². The quantitative estimate of drug-likeness (QED) is 0.274. The number of ether oxygens (including phenoxy) is 1. The molecule has 1 unspecified atom stereocenters. The van der Waals surface area contributed by atoms with E-state index in [1.165, 1.54) is 6.20 Å². The van der Waals surface area contributed by atoms with E-state index in [0.717, 1.165) is 22.3 Å². The predicted octanol–water partition coefficient (Wildman–Crippen LogP) is 3.18. The van der Waals surface area contributed by atoms with Crippen LogP contribution in [-0.4, -0.2) is 41.7 Å². The average molecular weight is 429 g/mol. The van der Waals surface area contributed by atoms with Crippen molar-refractivity contribution in [3.63, 3.8) is 0 Å². The molecule has 1 atom stereocenters. The second kappa shape index (κ2) is 14.1. The lowest BCUT2D eigenvalue weighted by Crippen LogP contribution is -2.17. The van der Waals surface area contributed by atoms with Crippen molar-refractivity contribution >= 4 is 12.0 Å². The number of nitrogens with two attached hydrogens (primary N) is 1. The number of aliphatic imine (C=N–C) groups is 1. The van der Waals surface area contributed by atoms with Crippen molar-refractivity contribution in [1.82, 2.24) is 0 Å². The van der Waals surface area contributed by atoms with E-state index in [0.29, 0.717) is 18.5 Å². The number of carbonyl (C=O) groups is 1. The van der Waals surface area contributed by atoms with Crippen LogP contribution in [0.3, 0.4) is 0 Å². The van der Waals surface area contributed by atoms with Gasteiger partial charge in [-0.15, -0.1) is 0 Å². The number of rotatable bonds is 12. The van der Waals surface area contributed by atoms with E-state index in [4.69, 9.17) is 15.6 Å². The summed E-state index contributed by atoms with van der Waals surface area (Å²) in [5.41, 5.74) is 10.1. The van der Waals surface area contributed by atoms with Crippen molar-refractivity contribution in [3.8, 4) is 11.1 Å². The van der Waals surface area contributed by atoms with Crippen molar-refractivity contribution in [3.05, 3.63) is 84.1 Å². The maximum Gasteiger partial charge on any atom is 0.166 e. The first-order chi connectivity index (χ1) is 14.6. The van der Waals surface area contributed by atoms with Crippen LogP contribution in [0.5, 0.6) is 0 Å². The summed E-state index contributed by atoms with van der Waals surface area (Å²) in [5.74, 6) is -0.00736. The van der Waals surface area contributed by atoms with E-state index in [1.54, 1.807) is 24.4 Å². The van der Waals surface area contributed by atoms with Gasteiger partial charge in [0.05, 0.1) is 13.2 Å². The molecular formula is C24H29FN2O4. The Kier molecular flexibility index (Phi) is 11.9. The molecule has 0 saturated carbocycles. The molecule has 2 aromatic rings. The molecule has 0 aliphatic heterocycles. The number of aliphatic hydroxyl groups is 2. The van der Waals surface area contributed by atoms with Gasteiger partial charge in [-0.1, -0.05) is 49.1 Å². The number of aliphatic hydroxyl groups excluding tert-OH is 2. The minimum Gasteiger partial charge on any atom is -0.394 e. The first-order valence-corrected chi connectivity index (χ1v) is 9.74. The summed E-state index contributed by atoms with van der Waals surface area (Å²) in [5, 5.41) is 18.7. The molecule has 0 heterocycles. The normalized spacial score (nSPS) is 12.1. The molecule has 0 aliphatic rings. The monoisotopic (exact) mass is 428 g/mol. The third-order valence-corrected chi connectivity index (χ3v) is 4.42. The molecule has 166 valence electrons. The molecule has 0 fully saturated rings. The maximum atomic E-state index is 12.6. The molecule has 31 heavy (non-hydrogen) atoms. The zero-order valence-electron chi connectivity index (χ0n) is 17.3. The fraction of sp³-hybridized carbons (Fsp3) is 0.250. The highest BCUT2D eigenvalue weighted by Gasteiger charge is 2.12. The summed E-state index contributed by atoms with van der Waals surface area (Å²) in [7, 11) is 0. The molecule has 2 rings (SSSR count). The smallest absolute Gasteiger partial charge is 0.166 e.